The van der Waals surface area contributed by atoms with Crippen LogP contribution in [-0.4, -0.2) is 29.9 Å². The van der Waals surface area contributed by atoms with Crippen LogP contribution in [0.1, 0.15) is 31.1 Å². The number of ether oxygens (including phenoxy) is 1. The van der Waals surface area contributed by atoms with Crippen molar-refractivity contribution in [2.75, 3.05) is 12.0 Å². The Balaban J connectivity index is 2.14. The fourth-order valence-electron chi connectivity index (χ4n) is 2.25. The van der Waals surface area contributed by atoms with Gasteiger partial charge < -0.3 is 4.74 Å². The van der Waals surface area contributed by atoms with Crippen LogP contribution < -0.4 is 4.90 Å². The molecule has 21 heavy (non-hydrogen) atoms. The largest absolute Gasteiger partial charge is 0.465 e. The average Bonchev–Trinajstić information content (AvgIpc) is 2.78. The fourth-order valence-corrected chi connectivity index (χ4v) is 2.25. The summed E-state index contributed by atoms with van der Waals surface area (Å²) in [7, 11) is 1.24. The van der Waals surface area contributed by atoms with Gasteiger partial charge in [-0.25, -0.2) is 9.69 Å². The maximum Gasteiger partial charge on any atom is 0.339 e. The molecule has 0 saturated carbocycles. The average molecular weight is 282 g/mol. The van der Waals surface area contributed by atoms with E-state index in [0.29, 0.717) is 0 Å². The van der Waals surface area contributed by atoms with Gasteiger partial charge in [0.15, 0.2) is 0 Å². The lowest BCUT2D eigenvalue weighted by Gasteiger charge is -2.16. The number of esters is 1. The molecule has 2 heterocycles. The molecule has 0 spiro atoms. The Bertz CT molecular complexity index is 735. The zero-order valence-corrected chi connectivity index (χ0v) is 11.1. The molecule has 1 aromatic heterocycles. The first-order valence-corrected chi connectivity index (χ1v) is 6.15. The van der Waals surface area contributed by atoms with Crippen LogP contribution in [0, 0.1) is 0 Å². The zero-order valence-electron chi connectivity index (χ0n) is 11.1. The van der Waals surface area contributed by atoms with Crippen LogP contribution in [0.4, 0.5) is 5.69 Å². The summed E-state index contributed by atoms with van der Waals surface area (Å²) in [5.41, 5.74) is 0.856. The Kier molecular flexibility index (Phi) is 2.98. The van der Waals surface area contributed by atoms with E-state index in [1.165, 1.54) is 37.7 Å². The van der Waals surface area contributed by atoms with Crippen LogP contribution in [0.15, 0.2) is 42.7 Å². The van der Waals surface area contributed by atoms with E-state index in [0.717, 1.165) is 4.90 Å². The molecule has 0 unspecified atom stereocenters. The van der Waals surface area contributed by atoms with Gasteiger partial charge in [-0.1, -0.05) is 12.1 Å². The van der Waals surface area contributed by atoms with Gasteiger partial charge in [-0.2, -0.15) is 0 Å². The molecule has 0 saturated heterocycles. The Morgan fingerprint density at radius 1 is 1.10 bits per heavy atom. The molecule has 2 amide bonds. The number of aromatic nitrogens is 1. The molecule has 0 atom stereocenters. The Morgan fingerprint density at radius 2 is 1.81 bits per heavy atom. The number of fused-ring (bicyclic) bond motifs is 1. The number of pyridine rings is 1. The van der Waals surface area contributed by atoms with Gasteiger partial charge in [0.1, 0.15) is 0 Å². The topological polar surface area (TPSA) is 76.6 Å². The summed E-state index contributed by atoms with van der Waals surface area (Å²) in [6.45, 7) is 0. The summed E-state index contributed by atoms with van der Waals surface area (Å²) < 4.78 is 4.68. The van der Waals surface area contributed by atoms with E-state index in [2.05, 4.69) is 9.72 Å². The summed E-state index contributed by atoms with van der Waals surface area (Å²) in [6, 6.07) is 7.79. The molecule has 1 aliphatic rings. The van der Waals surface area contributed by atoms with E-state index in [9.17, 15) is 14.4 Å². The minimum absolute atomic E-state index is 0.155. The molecule has 0 bridgehead atoms. The highest BCUT2D eigenvalue weighted by Crippen LogP contribution is 2.30. The minimum Gasteiger partial charge on any atom is -0.465 e. The van der Waals surface area contributed by atoms with Crippen LogP contribution in [0.5, 0.6) is 0 Å². The zero-order chi connectivity index (χ0) is 15.0. The van der Waals surface area contributed by atoms with Gasteiger partial charge in [0.25, 0.3) is 11.8 Å². The molecular weight excluding hydrogens is 272 g/mol. The van der Waals surface area contributed by atoms with Gasteiger partial charge in [-0.3, -0.25) is 14.6 Å². The summed E-state index contributed by atoms with van der Waals surface area (Å²) in [5.74, 6) is -1.59. The molecular formula is C15H10N2O4. The van der Waals surface area contributed by atoms with Crippen LogP contribution in [0.3, 0.4) is 0 Å². The lowest BCUT2D eigenvalue weighted by atomic mass is 10.1. The van der Waals surface area contributed by atoms with Crippen LogP contribution in [0.25, 0.3) is 0 Å². The molecule has 104 valence electrons. The molecule has 2 aromatic rings. The predicted octanol–water partition coefficient (Wildman–Crippen LogP) is 1.67. The molecule has 6 heteroatoms. The number of carbonyl (C=O) groups is 3. The quantitative estimate of drug-likeness (QED) is 0.618. The first-order valence-electron chi connectivity index (χ1n) is 6.15. The first kappa shape index (κ1) is 13.0. The number of imide groups is 1. The van der Waals surface area contributed by atoms with Crippen molar-refractivity contribution in [3.63, 3.8) is 0 Å². The number of anilines is 1. The smallest absolute Gasteiger partial charge is 0.339 e. The number of amides is 2. The number of hydrogen-bond donors (Lipinski definition) is 0. The molecule has 0 N–H and O–H groups in total. The monoisotopic (exact) mass is 282 g/mol. The summed E-state index contributed by atoms with van der Waals surface area (Å²) in [5, 5.41) is 0. The summed E-state index contributed by atoms with van der Waals surface area (Å²) >= 11 is 0. The van der Waals surface area contributed by atoms with E-state index < -0.39 is 17.8 Å². The SMILES string of the molecule is COC(=O)c1ccccc1N1C(=O)c2ccncc2C1=O. The van der Waals surface area contributed by atoms with Gasteiger partial charge in [0.2, 0.25) is 0 Å². The van der Waals surface area contributed by atoms with Crippen molar-refractivity contribution in [3.8, 4) is 0 Å². The van der Waals surface area contributed by atoms with E-state index in [1.807, 2.05) is 0 Å². The van der Waals surface area contributed by atoms with Gasteiger partial charge in [0, 0.05) is 12.4 Å². The number of methoxy groups -OCH3 is 1. The second-order valence-corrected chi connectivity index (χ2v) is 4.38. The third-order valence-corrected chi connectivity index (χ3v) is 3.24. The second kappa shape index (κ2) is 4.82. The predicted molar refractivity (Wildman–Crippen MR) is 73.2 cm³/mol. The lowest BCUT2D eigenvalue weighted by Crippen LogP contribution is -2.31. The number of para-hydroxylation sites is 1. The van der Waals surface area contributed by atoms with Crippen molar-refractivity contribution in [1.82, 2.24) is 4.98 Å². The van der Waals surface area contributed by atoms with Gasteiger partial charge in [-0.15, -0.1) is 0 Å². The van der Waals surface area contributed by atoms with Crippen molar-refractivity contribution in [2.45, 2.75) is 0 Å². The van der Waals surface area contributed by atoms with Crippen LogP contribution in [-0.2, 0) is 4.74 Å². The molecule has 0 aliphatic carbocycles. The van der Waals surface area contributed by atoms with Crippen LogP contribution in [0.2, 0.25) is 0 Å². The third-order valence-electron chi connectivity index (χ3n) is 3.24. The maximum absolute atomic E-state index is 12.4. The van der Waals surface area contributed by atoms with E-state index in [1.54, 1.807) is 12.1 Å². The van der Waals surface area contributed by atoms with Crippen molar-refractivity contribution in [2.24, 2.45) is 0 Å². The molecule has 1 aliphatic heterocycles. The number of nitrogens with zero attached hydrogens (tertiary/aromatic N) is 2. The minimum atomic E-state index is -0.611. The first-order chi connectivity index (χ1) is 10.1. The van der Waals surface area contributed by atoms with E-state index >= 15 is 0 Å². The second-order valence-electron chi connectivity index (χ2n) is 4.38. The maximum atomic E-state index is 12.4. The highest BCUT2D eigenvalue weighted by molar-refractivity contribution is 6.35. The third kappa shape index (κ3) is 1.88. The standard InChI is InChI=1S/C15H10N2O4/c1-21-15(20)10-4-2-3-5-12(10)17-13(18)9-6-7-16-8-11(9)14(17)19/h2-8H,1H3. The lowest BCUT2D eigenvalue weighted by molar-refractivity contribution is 0.0601. The highest BCUT2D eigenvalue weighted by Gasteiger charge is 2.38. The Morgan fingerprint density at radius 3 is 2.52 bits per heavy atom. The molecule has 6 nitrogen and oxygen atoms in total. The summed E-state index contributed by atoms with van der Waals surface area (Å²) in [4.78, 5) is 41.4. The highest BCUT2D eigenvalue weighted by atomic mass is 16.5. The number of rotatable bonds is 2. The van der Waals surface area contributed by atoms with Crippen LogP contribution >= 0.6 is 0 Å². The molecule has 3 rings (SSSR count). The van der Waals surface area contributed by atoms with E-state index in [-0.39, 0.29) is 22.4 Å². The Hall–Kier alpha value is -3.02. The van der Waals surface area contributed by atoms with Gasteiger partial charge in [0.05, 0.1) is 29.5 Å². The van der Waals surface area contributed by atoms with E-state index in [4.69, 9.17) is 0 Å². The van der Waals surface area contributed by atoms with Crippen molar-refractivity contribution >= 4 is 23.5 Å². The number of benzene rings is 1. The van der Waals surface area contributed by atoms with Crippen molar-refractivity contribution in [1.29, 1.82) is 0 Å². The fraction of sp³-hybridized carbons (Fsp3) is 0.0667. The molecule has 0 fully saturated rings. The molecule has 0 radical (unpaired) electrons. The molecule has 1 aromatic carbocycles. The normalized spacial score (nSPS) is 13.3. The van der Waals surface area contributed by atoms with Gasteiger partial charge >= 0.3 is 5.97 Å². The van der Waals surface area contributed by atoms with Gasteiger partial charge in [-0.05, 0) is 18.2 Å². The Labute approximate surface area is 120 Å². The summed E-state index contributed by atoms with van der Waals surface area (Å²) in [6.07, 6.45) is 2.79. The van der Waals surface area contributed by atoms with Crippen molar-refractivity contribution in [3.05, 3.63) is 59.4 Å². The van der Waals surface area contributed by atoms with Crippen molar-refractivity contribution < 1.29 is 19.1 Å². The number of carbonyl (C=O) groups excluding carboxylic acids is 3. The number of hydrogen-bond acceptors (Lipinski definition) is 5.